The van der Waals surface area contributed by atoms with Crippen molar-refractivity contribution in [2.24, 2.45) is 0 Å². The monoisotopic (exact) mass is 325 g/mol. The van der Waals surface area contributed by atoms with Crippen LogP contribution in [0.3, 0.4) is 0 Å². The molecule has 112 valence electrons. The first kappa shape index (κ1) is 15.6. The summed E-state index contributed by atoms with van der Waals surface area (Å²) < 4.78 is 5.07. The number of hydrogen-bond acceptors (Lipinski definition) is 5. The number of carbonyl (C=O) groups excluding carboxylic acids is 1. The van der Waals surface area contributed by atoms with Crippen LogP contribution in [-0.2, 0) is 9.53 Å². The number of benzene rings is 1. The molecule has 0 saturated carbocycles. The van der Waals surface area contributed by atoms with E-state index >= 15 is 0 Å². The standard InChI is InChI=1S/C14H16ClN3O2S/c1-2-20-14(19)11(12-16-7-8-17-12)13(21)18-10-5-3-9(15)4-6-10/h3-6,16-17H,2,7-8H2,1H3,(H,18,21). The van der Waals surface area contributed by atoms with E-state index in [0.717, 1.165) is 18.8 Å². The van der Waals surface area contributed by atoms with Gasteiger partial charge in [0.1, 0.15) is 16.4 Å². The Morgan fingerprint density at radius 1 is 1.33 bits per heavy atom. The first-order valence-corrected chi connectivity index (χ1v) is 7.36. The molecule has 0 radical (unpaired) electrons. The highest BCUT2D eigenvalue weighted by Crippen LogP contribution is 2.16. The summed E-state index contributed by atoms with van der Waals surface area (Å²) >= 11 is 11.2. The number of anilines is 1. The molecule has 1 aliphatic rings. The minimum Gasteiger partial charge on any atom is -0.462 e. The molecule has 1 aliphatic heterocycles. The van der Waals surface area contributed by atoms with Crippen molar-refractivity contribution in [2.75, 3.05) is 25.0 Å². The maximum absolute atomic E-state index is 12.1. The molecule has 1 aromatic carbocycles. The second-order valence-corrected chi connectivity index (χ2v) is 5.13. The predicted octanol–water partition coefficient (Wildman–Crippen LogP) is 2.05. The lowest BCUT2D eigenvalue weighted by molar-refractivity contribution is -0.137. The zero-order valence-corrected chi connectivity index (χ0v) is 13.1. The fourth-order valence-electron chi connectivity index (χ4n) is 1.85. The third kappa shape index (κ3) is 4.09. The number of hydrogen-bond donors (Lipinski definition) is 3. The molecule has 1 heterocycles. The number of esters is 1. The predicted molar refractivity (Wildman–Crippen MR) is 87.3 cm³/mol. The fraction of sp³-hybridized carbons (Fsp3) is 0.286. The van der Waals surface area contributed by atoms with E-state index in [9.17, 15) is 4.79 Å². The van der Waals surface area contributed by atoms with Crippen molar-refractivity contribution in [1.29, 1.82) is 0 Å². The van der Waals surface area contributed by atoms with Crippen LogP contribution in [0.4, 0.5) is 5.69 Å². The van der Waals surface area contributed by atoms with Gasteiger partial charge >= 0.3 is 5.97 Å². The lowest BCUT2D eigenvalue weighted by Crippen LogP contribution is -2.28. The van der Waals surface area contributed by atoms with Gasteiger partial charge in [-0.05, 0) is 31.2 Å². The van der Waals surface area contributed by atoms with E-state index in [1.54, 1.807) is 31.2 Å². The second kappa shape index (κ2) is 7.28. The number of carbonyl (C=O) groups is 1. The smallest absolute Gasteiger partial charge is 0.344 e. The van der Waals surface area contributed by atoms with Gasteiger partial charge in [-0.2, -0.15) is 0 Å². The Bertz CT molecular complexity index is 564. The van der Waals surface area contributed by atoms with Crippen LogP contribution in [0.2, 0.25) is 5.02 Å². The van der Waals surface area contributed by atoms with Crippen LogP contribution in [0.5, 0.6) is 0 Å². The van der Waals surface area contributed by atoms with E-state index in [0.29, 0.717) is 28.0 Å². The van der Waals surface area contributed by atoms with Crippen molar-refractivity contribution in [3.8, 4) is 0 Å². The van der Waals surface area contributed by atoms with Gasteiger partial charge in [-0.15, -0.1) is 0 Å². The topological polar surface area (TPSA) is 62.4 Å². The van der Waals surface area contributed by atoms with Gasteiger partial charge < -0.3 is 20.7 Å². The van der Waals surface area contributed by atoms with Crippen molar-refractivity contribution in [3.63, 3.8) is 0 Å². The van der Waals surface area contributed by atoms with Crippen molar-refractivity contribution in [2.45, 2.75) is 6.92 Å². The van der Waals surface area contributed by atoms with Crippen molar-refractivity contribution < 1.29 is 9.53 Å². The zero-order valence-electron chi connectivity index (χ0n) is 11.5. The van der Waals surface area contributed by atoms with E-state index < -0.39 is 5.97 Å². The molecule has 0 unspecified atom stereocenters. The molecule has 0 aliphatic carbocycles. The van der Waals surface area contributed by atoms with Crippen molar-refractivity contribution in [3.05, 3.63) is 40.7 Å². The molecule has 0 amide bonds. The number of nitrogens with one attached hydrogen (secondary N) is 3. The fourth-order valence-corrected chi connectivity index (χ4v) is 2.28. The first-order chi connectivity index (χ1) is 10.1. The molecule has 1 aromatic rings. The van der Waals surface area contributed by atoms with Gasteiger partial charge in [0.05, 0.1) is 6.61 Å². The van der Waals surface area contributed by atoms with Crippen LogP contribution in [-0.4, -0.2) is 30.7 Å². The van der Waals surface area contributed by atoms with Crippen LogP contribution >= 0.6 is 23.8 Å². The average molecular weight is 326 g/mol. The lowest BCUT2D eigenvalue weighted by atomic mass is 10.2. The molecule has 0 bridgehead atoms. The first-order valence-electron chi connectivity index (χ1n) is 6.58. The van der Waals surface area contributed by atoms with Crippen LogP contribution < -0.4 is 16.0 Å². The summed E-state index contributed by atoms with van der Waals surface area (Å²) in [6.07, 6.45) is 0. The van der Waals surface area contributed by atoms with Crippen LogP contribution in [0.25, 0.3) is 0 Å². The Labute approximate surface area is 133 Å². The molecule has 0 atom stereocenters. The number of ether oxygens (including phenoxy) is 1. The van der Waals surface area contributed by atoms with Gasteiger partial charge in [0.15, 0.2) is 0 Å². The summed E-state index contributed by atoms with van der Waals surface area (Å²) in [5, 5.41) is 9.84. The summed E-state index contributed by atoms with van der Waals surface area (Å²) in [6.45, 7) is 3.52. The zero-order chi connectivity index (χ0) is 15.2. The second-order valence-electron chi connectivity index (χ2n) is 4.29. The molecular formula is C14H16ClN3O2S. The maximum atomic E-state index is 12.1. The van der Waals surface area contributed by atoms with Gasteiger partial charge in [-0.3, -0.25) is 0 Å². The van der Waals surface area contributed by atoms with Gasteiger partial charge in [0.25, 0.3) is 0 Å². The third-order valence-electron chi connectivity index (χ3n) is 2.79. The molecular weight excluding hydrogens is 310 g/mol. The quantitative estimate of drug-likeness (QED) is 0.447. The number of halogens is 1. The van der Waals surface area contributed by atoms with Crippen LogP contribution in [0.1, 0.15) is 6.92 Å². The van der Waals surface area contributed by atoms with Gasteiger partial charge in [0, 0.05) is 23.8 Å². The van der Waals surface area contributed by atoms with Gasteiger partial charge in [0.2, 0.25) is 0 Å². The molecule has 0 aromatic heterocycles. The highest BCUT2D eigenvalue weighted by Gasteiger charge is 2.23. The summed E-state index contributed by atoms with van der Waals surface area (Å²) in [5.74, 6) is 0.140. The molecule has 2 rings (SSSR count). The largest absolute Gasteiger partial charge is 0.462 e. The summed E-state index contributed by atoms with van der Waals surface area (Å²) in [4.78, 5) is 12.4. The highest BCUT2D eigenvalue weighted by molar-refractivity contribution is 7.81. The lowest BCUT2D eigenvalue weighted by Gasteiger charge is -2.14. The highest BCUT2D eigenvalue weighted by atomic mass is 35.5. The Balaban J connectivity index is 2.20. The third-order valence-corrected chi connectivity index (χ3v) is 3.35. The SMILES string of the molecule is CCOC(=O)C(C(=S)Nc1ccc(Cl)cc1)=C1NCCN1. The molecule has 1 saturated heterocycles. The Morgan fingerprint density at radius 2 is 1.95 bits per heavy atom. The summed E-state index contributed by atoms with van der Waals surface area (Å²) in [7, 11) is 0. The van der Waals surface area contributed by atoms with E-state index in [-0.39, 0.29) is 0 Å². The van der Waals surface area contributed by atoms with Gasteiger partial charge in [-0.25, -0.2) is 4.79 Å². The molecule has 1 fully saturated rings. The van der Waals surface area contributed by atoms with Crippen LogP contribution in [0.15, 0.2) is 35.7 Å². The number of rotatable bonds is 4. The minimum atomic E-state index is -0.458. The average Bonchev–Trinajstić information content (AvgIpc) is 2.96. The molecule has 21 heavy (non-hydrogen) atoms. The summed E-state index contributed by atoms with van der Waals surface area (Å²) in [6, 6.07) is 7.07. The molecule has 3 N–H and O–H groups in total. The van der Waals surface area contributed by atoms with E-state index in [4.69, 9.17) is 28.6 Å². The van der Waals surface area contributed by atoms with Crippen LogP contribution in [0, 0.1) is 0 Å². The molecule has 5 nitrogen and oxygen atoms in total. The normalized spacial score (nSPS) is 13.1. The molecule has 7 heteroatoms. The minimum absolute atomic E-state index is 0.291. The summed E-state index contributed by atoms with van der Waals surface area (Å²) in [5.41, 5.74) is 1.06. The number of thiocarbonyl (C=S) groups is 1. The van der Waals surface area contributed by atoms with Gasteiger partial charge in [-0.1, -0.05) is 23.8 Å². The van der Waals surface area contributed by atoms with Crippen molar-refractivity contribution in [1.82, 2.24) is 10.6 Å². The Morgan fingerprint density at radius 3 is 2.52 bits per heavy atom. The van der Waals surface area contributed by atoms with Crippen molar-refractivity contribution >= 4 is 40.5 Å². The van der Waals surface area contributed by atoms with E-state index in [1.807, 2.05) is 0 Å². The maximum Gasteiger partial charge on any atom is 0.344 e. The van der Waals surface area contributed by atoms with E-state index in [2.05, 4.69) is 16.0 Å². The Hall–Kier alpha value is -1.79. The molecule has 0 spiro atoms. The Kier molecular flexibility index (Phi) is 5.41. The van der Waals surface area contributed by atoms with E-state index in [1.165, 1.54) is 0 Å².